The van der Waals surface area contributed by atoms with Crippen LogP contribution in [0, 0.1) is 11.8 Å². The van der Waals surface area contributed by atoms with E-state index in [2.05, 4.69) is 26.9 Å². The number of aromatic nitrogens is 1. The SMILES string of the molecule is COC(=O)C#Cc1ccc(OCCNC(=O)c2cc(Oc3ccccc3)ccn2)c(N(C)C=O)c1. The summed E-state index contributed by atoms with van der Waals surface area (Å²) in [4.78, 5) is 40.4. The lowest BCUT2D eigenvalue weighted by Crippen LogP contribution is -2.29. The van der Waals surface area contributed by atoms with Gasteiger partial charge in [-0.15, -0.1) is 0 Å². The van der Waals surface area contributed by atoms with Gasteiger partial charge in [-0.1, -0.05) is 24.1 Å². The summed E-state index contributed by atoms with van der Waals surface area (Å²) in [6.45, 7) is 0.331. The van der Waals surface area contributed by atoms with Gasteiger partial charge in [-0.25, -0.2) is 4.79 Å². The molecule has 0 aliphatic heterocycles. The van der Waals surface area contributed by atoms with E-state index < -0.39 is 5.97 Å². The lowest BCUT2D eigenvalue weighted by molar-refractivity contribution is -0.133. The standard InChI is InChI=1S/C26H23N3O6/c1-29(18-30)23-16-19(9-11-25(31)33-2)8-10-24(23)34-15-14-28-26(32)22-17-21(12-13-27-22)35-20-6-4-3-5-7-20/h3-8,10,12-13,16-18H,14-15H2,1-2H3,(H,28,32). The lowest BCUT2D eigenvalue weighted by Gasteiger charge is -2.17. The number of hydrogen-bond donors (Lipinski definition) is 1. The van der Waals surface area contributed by atoms with E-state index in [-0.39, 0.29) is 24.8 Å². The molecule has 1 aromatic heterocycles. The van der Waals surface area contributed by atoms with Gasteiger partial charge in [0.1, 0.15) is 29.5 Å². The van der Waals surface area contributed by atoms with Crippen molar-refractivity contribution in [2.24, 2.45) is 0 Å². The fourth-order valence-corrected chi connectivity index (χ4v) is 2.86. The average molecular weight is 473 g/mol. The summed E-state index contributed by atoms with van der Waals surface area (Å²) in [5.74, 6) is 5.49. The van der Waals surface area contributed by atoms with Crippen LogP contribution in [0.15, 0.2) is 66.9 Å². The summed E-state index contributed by atoms with van der Waals surface area (Å²) in [5, 5.41) is 2.73. The number of nitrogens with zero attached hydrogens (tertiary/aromatic N) is 2. The van der Waals surface area contributed by atoms with Crippen molar-refractivity contribution in [2.45, 2.75) is 0 Å². The first-order valence-electron chi connectivity index (χ1n) is 10.5. The number of amides is 2. The maximum Gasteiger partial charge on any atom is 0.384 e. The summed E-state index contributed by atoms with van der Waals surface area (Å²) in [5.41, 5.74) is 1.16. The van der Waals surface area contributed by atoms with Crippen molar-refractivity contribution in [3.8, 4) is 29.1 Å². The summed E-state index contributed by atoms with van der Waals surface area (Å²) in [7, 11) is 2.80. The molecule has 1 heterocycles. The molecule has 0 atom stereocenters. The van der Waals surface area contributed by atoms with Gasteiger partial charge < -0.3 is 24.4 Å². The minimum atomic E-state index is -0.669. The van der Waals surface area contributed by atoms with Crippen molar-refractivity contribution in [3.63, 3.8) is 0 Å². The molecule has 0 fully saturated rings. The molecule has 0 saturated heterocycles. The minimum Gasteiger partial charge on any atom is -0.490 e. The third-order valence-corrected chi connectivity index (χ3v) is 4.58. The highest BCUT2D eigenvalue weighted by Gasteiger charge is 2.11. The Morgan fingerprint density at radius 1 is 1.09 bits per heavy atom. The van der Waals surface area contributed by atoms with Gasteiger partial charge in [0.05, 0.1) is 19.3 Å². The van der Waals surface area contributed by atoms with Crippen LogP contribution < -0.4 is 19.7 Å². The van der Waals surface area contributed by atoms with E-state index in [1.54, 1.807) is 37.4 Å². The Morgan fingerprint density at radius 3 is 2.63 bits per heavy atom. The number of carbonyl (C=O) groups is 3. The molecule has 3 aromatic rings. The highest BCUT2D eigenvalue weighted by atomic mass is 16.5. The number of hydrogen-bond acceptors (Lipinski definition) is 7. The first kappa shape index (κ1) is 24.8. The fourth-order valence-electron chi connectivity index (χ4n) is 2.86. The van der Waals surface area contributed by atoms with Gasteiger partial charge in [-0.3, -0.25) is 14.6 Å². The second kappa shape index (κ2) is 12.4. The Kier molecular flexibility index (Phi) is 8.79. The molecule has 35 heavy (non-hydrogen) atoms. The molecule has 9 nitrogen and oxygen atoms in total. The van der Waals surface area contributed by atoms with Crippen LogP contribution in [-0.4, -0.2) is 50.6 Å². The summed E-state index contributed by atoms with van der Waals surface area (Å²) in [6.07, 6.45) is 2.12. The zero-order valence-electron chi connectivity index (χ0n) is 19.2. The van der Waals surface area contributed by atoms with Crippen LogP contribution in [-0.2, 0) is 14.3 Å². The molecule has 2 aromatic carbocycles. The molecule has 0 aliphatic rings. The predicted molar refractivity (Wildman–Crippen MR) is 128 cm³/mol. The van der Waals surface area contributed by atoms with E-state index in [1.165, 1.54) is 18.2 Å². The van der Waals surface area contributed by atoms with E-state index in [4.69, 9.17) is 9.47 Å². The molecule has 3 rings (SSSR count). The lowest BCUT2D eigenvalue weighted by atomic mass is 10.2. The number of rotatable bonds is 9. The largest absolute Gasteiger partial charge is 0.490 e. The van der Waals surface area contributed by atoms with E-state index in [1.807, 2.05) is 30.3 Å². The number of benzene rings is 2. The average Bonchev–Trinajstić information content (AvgIpc) is 2.90. The molecule has 0 aliphatic carbocycles. The predicted octanol–water partition coefficient (Wildman–Crippen LogP) is 2.80. The molecule has 0 bridgehead atoms. The molecule has 9 heteroatoms. The number of ether oxygens (including phenoxy) is 3. The Bertz CT molecular complexity index is 1250. The molecule has 0 radical (unpaired) electrons. The zero-order chi connectivity index (χ0) is 25.0. The van der Waals surface area contributed by atoms with Gasteiger partial charge in [0, 0.05) is 30.8 Å². The molecule has 1 N–H and O–H groups in total. The maximum atomic E-state index is 12.5. The number of esters is 1. The van der Waals surface area contributed by atoms with Crippen molar-refractivity contribution in [2.75, 3.05) is 32.2 Å². The van der Waals surface area contributed by atoms with E-state index in [9.17, 15) is 14.4 Å². The molecule has 0 saturated carbocycles. The number of para-hydroxylation sites is 1. The van der Waals surface area contributed by atoms with E-state index >= 15 is 0 Å². The van der Waals surface area contributed by atoms with Crippen LogP contribution in [0.3, 0.4) is 0 Å². The number of methoxy groups -OCH3 is 1. The monoisotopic (exact) mass is 473 g/mol. The van der Waals surface area contributed by atoms with Gasteiger partial charge in [0.25, 0.3) is 5.91 Å². The summed E-state index contributed by atoms with van der Waals surface area (Å²) < 4.78 is 16.0. The second-order valence-electron chi connectivity index (χ2n) is 7.04. The Balaban J connectivity index is 1.58. The second-order valence-corrected chi connectivity index (χ2v) is 7.04. The first-order valence-corrected chi connectivity index (χ1v) is 10.5. The Morgan fingerprint density at radius 2 is 1.89 bits per heavy atom. The van der Waals surface area contributed by atoms with Crippen molar-refractivity contribution >= 4 is 24.0 Å². The van der Waals surface area contributed by atoms with Crippen LogP contribution >= 0.6 is 0 Å². The highest BCUT2D eigenvalue weighted by molar-refractivity contribution is 5.92. The quantitative estimate of drug-likeness (QED) is 0.220. The number of anilines is 1. The first-order chi connectivity index (χ1) is 17.0. The zero-order valence-corrected chi connectivity index (χ0v) is 19.2. The van der Waals surface area contributed by atoms with Crippen molar-refractivity contribution in [3.05, 3.63) is 78.1 Å². The van der Waals surface area contributed by atoms with Gasteiger partial charge in [-0.2, -0.15) is 0 Å². The van der Waals surface area contributed by atoms with Crippen molar-refractivity contribution < 1.29 is 28.6 Å². The highest BCUT2D eigenvalue weighted by Crippen LogP contribution is 2.28. The molecule has 178 valence electrons. The van der Waals surface area contributed by atoms with Gasteiger partial charge >= 0.3 is 5.97 Å². The molecule has 2 amide bonds. The molecule has 0 spiro atoms. The normalized spacial score (nSPS) is 9.77. The Hall–Kier alpha value is -4.84. The Labute approximate surface area is 202 Å². The van der Waals surface area contributed by atoms with Gasteiger partial charge in [-0.05, 0) is 36.4 Å². The third-order valence-electron chi connectivity index (χ3n) is 4.58. The number of nitrogens with one attached hydrogen (secondary N) is 1. The van der Waals surface area contributed by atoms with Crippen LogP contribution in [0.4, 0.5) is 5.69 Å². The molecular weight excluding hydrogens is 450 g/mol. The van der Waals surface area contributed by atoms with Crippen LogP contribution in [0.2, 0.25) is 0 Å². The van der Waals surface area contributed by atoms with E-state index in [0.717, 1.165) is 0 Å². The van der Waals surface area contributed by atoms with Gasteiger partial charge in [0.2, 0.25) is 6.41 Å². The molecule has 0 unspecified atom stereocenters. The smallest absolute Gasteiger partial charge is 0.384 e. The summed E-state index contributed by atoms with van der Waals surface area (Å²) in [6, 6.07) is 17.3. The van der Waals surface area contributed by atoms with Crippen molar-refractivity contribution in [1.29, 1.82) is 0 Å². The minimum absolute atomic E-state index is 0.138. The van der Waals surface area contributed by atoms with Crippen LogP contribution in [0.25, 0.3) is 0 Å². The molecular formula is C26H23N3O6. The maximum absolute atomic E-state index is 12.5. The summed E-state index contributed by atoms with van der Waals surface area (Å²) >= 11 is 0. The van der Waals surface area contributed by atoms with Crippen LogP contribution in [0.5, 0.6) is 17.2 Å². The number of carbonyl (C=O) groups excluding carboxylic acids is 3. The van der Waals surface area contributed by atoms with Crippen molar-refractivity contribution in [1.82, 2.24) is 10.3 Å². The van der Waals surface area contributed by atoms with E-state index in [0.29, 0.717) is 34.9 Å². The topological polar surface area (TPSA) is 107 Å². The van der Waals surface area contributed by atoms with Gasteiger partial charge in [0.15, 0.2) is 0 Å². The fraction of sp³-hybridized carbons (Fsp3) is 0.154. The number of pyridine rings is 1. The third kappa shape index (κ3) is 7.33. The van der Waals surface area contributed by atoms with Crippen LogP contribution in [0.1, 0.15) is 16.1 Å².